The minimum Gasteiger partial charge on any atom is -0.378 e. The highest BCUT2D eigenvalue weighted by atomic mass is 19.1. The van der Waals surface area contributed by atoms with Crippen LogP contribution < -0.4 is 11.1 Å². The number of hydrogen-bond donors (Lipinski definition) is 2. The van der Waals surface area contributed by atoms with Crippen LogP contribution >= 0.6 is 0 Å². The molecular formula is C24H28F2N4O. The molecule has 1 amide bonds. The van der Waals surface area contributed by atoms with E-state index in [1.807, 2.05) is 0 Å². The highest BCUT2D eigenvalue weighted by Gasteiger charge is 2.53. The third kappa shape index (κ3) is 3.18. The van der Waals surface area contributed by atoms with Gasteiger partial charge in [-0.05, 0) is 74.6 Å². The number of carbonyl (C=O) groups is 1. The number of anilines is 1. The molecule has 3 unspecified atom stereocenters. The molecule has 0 radical (unpaired) electrons. The lowest BCUT2D eigenvalue weighted by Crippen LogP contribution is -2.58. The zero-order chi connectivity index (χ0) is 22.7. The molecule has 7 heteroatoms. The Hall–Kier alpha value is -2.96. The first-order valence-corrected chi connectivity index (χ1v) is 10.4. The highest BCUT2D eigenvalue weighted by Crippen LogP contribution is 2.48. The van der Waals surface area contributed by atoms with Gasteiger partial charge in [0.25, 0.3) is 0 Å². The Morgan fingerprint density at radius 2 is 1.87 bits per heavy atom. The van der Waals surface area contributed by atoms with Crippen molar-refractivity contribution in [3.8, 4) is 0 Å². The summed E-state index contributed by atoms with van der Waals surface area (Å²) in [7, 11) is 1.57. The van der Waals surface area contributed by atoms with Crippen LogP contribution in [0.4, 0.5) is 14.5 Å². The molecule has 2 aliphatic rings. The maximum atomic E-state index is 15.1. The largest absolute Gasteiger partial charge is 0.378 e. The van der Waals surface area contributed by atoms with Crippen LogP contribution in [0.15, 0.2) is 41.4 Å². The minimum absolute atomic E-state index is 0.0255. The fraction of sp³-hybridized carbons (Fsp3) is 0.417. The lowest BCUT2D eigenvalue weighted by atomic mass is 9.67. The van der Waals surface area contributed by atoms with Gasteiger partial charge in [-0.25, -0.2) is 13.8 Å². The standard InChI is InChI=1S/C24H28F2N4O/c1-13-10-14-11-15(25)6-8-17(14)20(13)28-16-7-9-19(26)18(12-16)24(4)23(2,3)21(31)30(5)22(27)29-24/h6-9,11-13,20,28H,10H2,1-5H3,(H2,27,29). The number of benzene rings is 2. The van der Waals surface area contributed by atoms with Crippen molar-refractivity contribution in [3.05, 3.63) is 64.7 Å². The summed E-state index contributed by atoms with van der Waals surface area (Å²) >= 11 is 0. The Morgan fingerprint density at radius 1 is 1.16 bits per heavy atom. The number of nitrogens with zero attached hydrogens (tertiary/aromatic N) is 2. The van der Waals surface area contributed by atoms with E-state index in [4.69, 9.17) is 5.73 Å². The van der Waals surface area contributed by atoms with Gasteiger partial charge in [-0.3, -0.25) is 9.69 Å². The van der Waals surface area contributed by atoms with Gasteiger partial charge in [0.2, 0.25) is 5.91 Å². The smallest absolute Gasteiger partial charge is 0.237 e. The molecule has 2 aromatic rings. The van der Waals surface area contributed by atoms with Crippen molar-refractivity contribution in [2.75, 3.05) is 12.4 Å². The number of amides is 1. The van der Waals surface area contributed by atoms with Crippen LogP contribution in [0, 0.1) is 23.0 Å². The summed E-state index contributed by atoms with van der Waals surface area (Å²) in [4.78, 5) is 18.8. The van der Waals surface area contributed by atoms with Crippen molar-refractivity contribution in [1.29, 1.82) is 0 Å². The van der Waals surface area contributed by atoms with Gasteiger partial charge >= 0.3 is 0 Å². The van der Waals surface area contributed by atoms with Gasteiger partial charge in [0.05, 0.1) is 11.5 Å². The number of carbonyl (C=O) groups excluding carboxylic acids is 1. The summed E-state index contributed by atoms with van der Waals surface area (Å²) in [5.74, 6) is -0.605. The van der Waals surface area contributed by atoms with Gasteiger partial charge in [0.15, 0.2) is 5.96 Å². The predicted octanol–water partition coefficient (Wildman–Crippen LogP) is 4.34. The highest BCUT2D eigenvalue weighted by molar-refractivity contribution is 6.01. The second kappa shape index (κ2) is 7.04. The Bertz CT molecular complexity index is 1100. The summed E-state index contributed by atoms with van der Waals surface area (Å²) in [6, 6.07) is 9.60. The molecule has 3 atom stereocenters. The topological polar surface area (TPSA) is 70.7 Å². The van der Waals surface area contributed by atoms with Crippen LogP contribution in [-0.2, 0) is 16.8 Å². The summed E-state index contributed by atoms with van der Waals surface area (Å²) < 4.78 is 28.7. The Kier molecular flexibility index (Phi) is 4.83. The molecule has 1 aliphatic carbocycles. The molecule has 1 heterocycles. The van der Waals surface area contributed by atoms with Crippen molar-refractivity contribution in [1.82, 2.24) is 4.90 Å². The Labute approximate surface area is 181 Å². The minimum atomic E-state index is -1.18. The second-order valence-electron chi connectivity index (χ2n) is 9.37. The molecule has 2 aromatic carbocycles. The first-order valence-electron chi connectivity index (χ1n) is 10.4. The first kappa shape index (κ1) is 21.3. The number of halogens is 2. The monoisotopic (exact) mass is 426 g/mol. The van der Waals surface area contributed by atoms with Crippen LogP contribution in [-0.4, -0.2) is 23.8 Å². The van der Waals surface area contributed by atoms with E-state index in [2.05, 4.69) is 17.2 Å². The molecule has 0 saturated heterocycles. The van der Waals surface area contributed by atoms with Crippen molar-refractivity contribution in [2.45, 2.75) is 45.7 Å². The number of rotatable bonds is 3. The number of aliphatic imine (C=N–C) groups is 1. The zero-order valence-electron chi connectivity index (χ0n) is 18.5. The fourth-order valence-electron chi connectivity index (χ4n) is 4.79. The van der Waals surface area contributed by atoms with Gasteiger partial charge in [0, 0.05) is 18.3 Å². The van der Waals surface area contributed by atoms with Crippen LogP contribution in [0.25, 0.3) is 0 Å². The molecule has 1 aliphatic heterocycles. The average molecular weight is 427 g/mol. The summed E-state index contributed by atoms with van der Waals surface area (Å²) in [5.41, 5.74) is 6.85. The van der Waals surface area contributed by atoms with Crippen LogP contribution in [0.1, 0.15) is 50.4 Å². The van der Waals surface area contributed by atoms with Crippen molar-refractivity contribution < 1.29 is 13.6 Å². The first-order chi connectivity index (χ1) is 14.5. The van der Waals surface area contributed by atoms with Crippen LogP contribution in [0.2, 0.25) is 0 Å². The lowest BCUT2D eigenvalue weighted by molar-refractivity contribution is -0.140. The van der Waals surface area contributed by atoms with Gasteiger partial charge < -0.3 is 11.1 Å². The lowest BCUT2D eigenvalue weighted by Gasteiger charge is -2.46. The van der Waals surface area contributed by atoms with E-state index in [1.165, 1.54) is 17.0 Å². The molecule has 5 nitrogen and oxygen atoms in total. The number of guanidine groups is 1. The normalized spacial score (nSPS) is 27.1. The molecule has 0 fully saturated rings. The molecule has 0 bridgehead atoms. The van der Waals surface area contributed by atoms with Crippen molar-refractivity contribution in [3.63, 3.8) is 0 Å². The number of hydrogen-bond acceptors (Lipinski definition) is 4. The van der Waals surface area contributed by atoms with Crippen molar-refractivity contribution >= 4 is 17.6 Å². The SMILES string of the molecule is CC1Cc2cc(F)ccc2C1Nc1ccc(F)c(C2(C)N=C(N)N(C)C(=O)C2(C)C)c1. The van der Waals surface area contributed by atoms with Gasteiger partial charge in [-0.15, -0.1) is 0 Å². The Morgan fingerprint density at radius 3 is 2.58 bits per heavy atom. The van der Waals surface area contributed by atoms with E-state index in [9.17, 15) is 9.18 Å². The van der Waals surface area contributed by atoms with E-state index >= 15 is 4.39 Å². The van der Waals surface area contributed by atoms with Gasteiger partial charge in [-0.2, -0.15) is 0 Å². The second-order valence-corrected chi connectivity index (χ2v) is 9.37. The third-order valence-corrected chi connectivity index (χ3v) is 7.10. The van der Waals surface area contributed by atoms with Gasteiger partial charge in [0.1, 0.15) is 17.2 Å². The third-order valence-electron chi connectivity index (χ3n) is 7.10. The zero-order valence-corrected chi connectivity index (χ0v) is 18.5. The predicted molar refractivity (Wildman–Crippen MR) is 118 cm³/mol. The van der Waals surface area contributed by atoms with E-state index in [0.717, 1.165) is 17.5 Å². The molecule has 0 aromatic heterocycles. The molecule has 31 heavy (non-hydrogen) atoms. The average Bonchev–Trinajstić information content (AvgIpc) is 3.00. The van der Waals surface area contributed by atoms with E-state index in [-0.39, 0.29) is 29.6 Å². The van der Waals surface area contributed by atoms with Gasteiger partial charge in [-0.1, -0.05) is 13.0 Å². The summed E-state index contributed by atoms with van der Waals surface area (Å²) in [6.07, 6.45) is 0.769. The molecule has 0 saturated carbocycles. The van der Waals surface area contributed by atoms with E-state index < -0.39 is 16.8 Å². The number of fused-ring (bicyclic) bond motifs is 1. The Balaban J connectivity index is 1.75. The van der Waals surface area contributed by atoms with Crippen LogP contribution in [0.5, 0.6) is 0 Å². The van der Waals surface area contributed by atoms with Crippen molar-refractivity contribution in [2.24, 2.45) is 22.1 Å². The fourth-order valence-corrected chi connectivity index (χ4v) is 4.79. The molecular weight excluding hydrogens is 398 g/mol. The maximum Gasteiger partial charge on any atom is 0.237 e. The summed E-state index contributed by atoms with van der Waals surface area (Å²) in [6.45, 7) is 7.35. The van der Waals surface area contributed by atoms with E-state index in [0.29, 0.717) is 11.3 Å². The van der Waals surface area contributed by atoms with Crippen LogP contribution in [0.3, 0.4) is 0 Å². The molecule has 3 N–H and O–H groups in total. The quantitative estimate of drug-likeness (QED) is 0.767. The summed E-state index contributed by atoms with van der Waals surface area (Å²) in [5, 5.41) is 3.48. The maximum absolute atomic E-state index is 15.1. The number of nitrogens with two attached hydrogens (primary N) is 1. The van der Waals surface area contributed by atoms with E-state index in [1.54, 1.807) is 52.1 Å². The number of nitrogens with one attached hydrogen (secondary N) is 1. The molecule has 0 spiro atoms. The molecule has 4 rings (SSSR count). The molecule has 164 valence electrons.